The number of hydrazine groups is 1. The third kappa shape index (κ3) is 2.16. The van der Waals surface area contributed by atoms with Crippen molar-refractivity contribution in [2.75, 3.05) is 0 Å². The average Bonchev–Trinajstić information content (AvgIpc) is 2.38. The van der Waals surface area contributed by atoms with Crippen molar-refractivity contribution >= 4 is 16.8 Å². The maximum atomic E-state index is 11.7. The number of fused-ring (bicyclic) bond motifs is 1. The van der Waals surface area contributed by atoms with Crippen LogP contribution in [0, 0.1) is 0 Å². The van der Waals surface area contributed by atoms with Gasteiger partial charge in [0.15, 0.2) is 0 Å². The van der Waals surface area contributed by atoms with E-state index in [-0.39, 0.29) is 18.9 Å². The summed E-state index contributed by atoms with van der Waals surface area (Å²) in [5.74, 6) is 4.59. The number of aryl methyl sites for hydroxylation is 1. The first-order valence-corrected chi connectivity index (χ1v) is 5.35. The Morgan fingerprint density at radius 1 is 1.33 bits per heavy atom. The molecule has 1 aromatic heterocycles. The molecule has 4 N–H and O–H groups in total. The Morgan fingerprint density at radius 2 is 2.06 bits per heavy atom. The molecule has 2 aromatic rings. The van der Waals surface area contributed by atoms with E-state index in [4.69, 9.17) is 5.84 Å². The fraction of sp³-hybridized carbons (Fsp3) is 0.182. The Kier molecular flexibility index (Phi) is 3.24. The molecule has 0 bridgehead atoms. The van der Waals surface area contributed by atoms with Crippen LogP contribution >= 0.6 is 0 Å². The number of aromatic nitrogens is 2. The number of H-pyrrole nitrogens is 1. The summed E-state index contributed by atoms with van der Waals surface area (Å²) in [5.41, 5.74) is 1.51. The molecule has 0 unspecified atom stereocenters. The molecule has 7 heteroatoms. The second-order valence-corrected chi connectivity index (χ2v) is 3.75. The Labute approximate surface area is 101 Å². The predicted octanol–water partition coefficient (Wildman–Crippen LogP) is -0.930. The van der Waals surface area contributed by atoms with Crippen LogP contribution in [0.1, 0.15) is 6.42 Å². The molecule has 7 nitrogen and oxygen atoms in total. The van der Waals surface area contributed by atoms with Gasteiger partial charge in [0.1, 0.15) is 0 Å². The highest BCUT2D eigenvalue weighted by atomic mass is 16.2. The molecule has 0 radical (unpaired) electrons. The summed E-state index contributed by atoms with van der Waals surface area (Å²) in [6, 6.07) is 6.71. The van der Waals surface area contributed by atoms with E-state index in [2.05, 4.69) is 4.98 Å². The van der Waals surface area contributed by atoms with E-state index < -0.39 is 11.2 Å². The minimum atomic E-state index is -0.538. The maximum Gasteiger partial charge on any atom is 0.328 e. The second kappa shape index (κ2) is 4.84. The van der Waals surface area contributed by atoms with E-state index >= 15 is 0 Å². The number of carbonyl (C=O) groups is 1. The van der Waals surface area contributed by atoms with Gasteiger partial charge in [-0.1, -0.05) is 12.1 Å². The van der Waals surface area contributed by atoms with Crippen molar-refractivity contribution in [3.63, 3.8) is 0 Å². The smallest absolute Gasteiger partial charge is 0.294 e. The Hall–Kier alpha value is -2.41. The summed E-state index contributed by atoms with van der Waals surface area (Å²) in [5, 5.41) is 0.408. The average molecular weight is 248 g/mol. The largest absolute Gasteiger partial charge is 0.328 e. The highest BCUT2D eigenvalue weighted by Crippen LogP contribution is 2.06. The molecule has 1 heterocycles. The van der Waals surface area contributed by atoms with Crippen LogP contribution in [0.2, 0.25) is 0 Å². The van der Waals surface area contributed by atoms with Gasteiger partial charge < -0.3 is 0 Å². The number of amides is 1. The van der Waals surface area contributed by atoms with Gasteiger partial charge in [-0.3, -0.25) is 24.6 Å². The zero-order valence-corrected chi connectivity index (χ0v) is 9.47. The van der Waals surface area contributed by atoms with E-state index in [9.17, 15) is 14.4 Å². The molecule has 0 saturated heterocycles. The van der Waals surface area contributed by atoms with E-state index in [0.717, 1.165) is 0 Å². The van der Waals surface area contributed by atoms with E-state index in [1.165, 1.54) is 4.57 Å². The van der Waals surface area contributed by atoms with E-state index in [1.54, 1.807) is 24.3 Å². The molecule has 1 amide bonds. The topological polar surface area (TPSA) is 110 Å². The van der Waals surface area contributed by atoms with Crippen LogP contribution in [-0.4, -0.2) is 15.5 Å². The molecule has 0 saturated carbocycles. The first-order chi connectivity index (χ1) is 8.63. The summed E-state index contributed by atoms with van der Waals surface area (Å²) < 4.78 is 1.34. The summed E-state index contributed by atoms with van der Waals surface area (Å²) >= 11 is 0. The van der Waals surface area contributed by atoms with Crippen LogP contribution in [-0.2, 0) is 11.3 Å². The lowest BCUT2D eigenvalue weighted by molar-refractivity contribution is -0.121. The zero-order valence-electron chi connectivity index (χ0n) is 9.47. The monoisotopic (exact) mass is 248 g/mol. The summed E-state index contributed by atoms with van der Waals surface area (Å²) in [4.78, 5) is 36.6. The molecule has 0 atom stereocenters. The fourth-order valence-corrected chi connectivity index (χ4v) is 1.75. The van der Waals surface area contributed by atoms with Crippen LogP contribution in [0.3, 0.4) is 0 Å². The number of nitrogens with one attached hydrogen (secondary N) is 2. The van der Waals surface area contributed by atoms with E-state index in [0.29, 0.717) is 10.9 Å². The normalized spacial score (nSPS) is 10.5. The minimum absolute atomic E-state index is 0.0619. The standard InChI is InChI=1S/C11H12N4O3/c12-14-9(16)5-6-15-8-4-2-1-3-7(8)10(17)13-11(15)18/h1-4H,5-6,12H2,(H,14,16)(H,13,17,18). The van der Waals surface area contributed by atoms with Crippen LogP contribution in [0.5, 0.6) is 0 Å². The Balaban J connectivity index is 2.53. The van der Waals surface area contributed by atoms with Crippen LogP contribution in [0.15, 0.2) is 33.9 Å². The van der Waals surface area contributed by atoms with Crippen molar-refractivity contribution in [3.05, 3.63) is 45.1 Å². The number of carbonyl (C=O) groups excluding carboxylic acids is 1. The number of rotatable bonds is 3. The van der Waals surface area contributed by atoms with Crippen LogP contribution in [0.4, 0.5) is 0 Å². The van der Waals surface area contributed by atoms with Gasteiger partial charge in [0.05, 0.1) is 10.9 Å². The first kappa shape index (κ1) is 12.1. The predicted molar refractivity (Wildman–Crippen MR) is 65.8 cm³/mol. The Morgan fingerprint density at radius 3 is 2.78 bits per heavy atom. The van der Waals surface area contributed by atoms with Crippen molar-refractivity contribution in [3.8, 4) is 0 Å². The summed E-state index contributed by atoms with van der Waals surface area (Å²) in [6.07, 6.45) is 0.0619. The summed E-state index contributed by atoms with van der Waals surface area (Å²) in [6.45, 7) is 0.152. The quantitative estimate of drug-likeness (QED) is 0.370. The van der Waals surface area contributed by atoms with Crippen molar-refractivity contribution in [1.82, 2.24) is 15.0 Å². The molecule has 18 heavy (non-hydrogen) atoms. The zero-order chi connectivity index (χ0) is 13.1. The highest BCUT2D eigenvalue weighted by Gasteiger charge is 2.07. The lowest BCUT2D eigenvalue weighted by atomic mass is 10.2. The third-order valence-corrected chi connectivity index (χ3v) is 2.63. The van der Waals surface area contributed by atoms with Crippen molar-refractivity contribution < 1.29 is 4.79 Å². The number of nitrogens with zero attached hydrogens (tertiary/aromatic N) is 1. The number of para-hydroxylation sites is 1. The van der Waals surface area contributed by atoms with Gasteiger partial charge in [-0.05, 0) is 12.1 Å². The van der Waals surface area contributed by atoms with Crippen molar-refractivity contribution in [2.24, 2.45) is 5.84 Å². The van der Waals surface area contributed by atoms with Gasteiger partial charge in [0.25, 0.3) is 5.56 Å². The number of hydrogen-bond acceptors (Lipinski definition) is 4. The lowest BCUT2D eigenvalue weighted by Gasteiger charge is -2.08. The van der Waals surface area contributed by atoms with Gasteiger partial charge in [-0.25, -0.2) is 10.6 Å². The summed E-state index contributed by atoms with van der Waals surface area (Å²) in [7, 11) is 0. The van der Waals surface area contributed by atoms with E-state index in [1.807, 2.05) is 5.43 Å². The molecule has 0 aliphatic carbocycles. The van der Waals surface area contributed by atoms with Crippen molar-refractivity contribution in [1.29, 1.82) is 0 Å². The van der Waals surface area contributed by atoms with Gasteiger partial charge in [0.2, 0.25) is 5.91 Å². The Bertz CT molecular complexity index is 701. The molecule has 0 aliphatic heterocycles. The highest BCUT2D eigenvalue weighted by molar-refractivity contribution is 5.78. The molecular weight excluding hydrogens is 236 g/mol. The maximum absolute atomic E-state index is 11.7. The van der Waals surface area contributed by atoms with Gasteiger partial charge in [-0.2, -0.15) is 0 Å². The number of nitrogens with two attached hydrogens (primary N) is 1. The first-order valence-electron chi connectivity index (χ1n) is 5.35. The molecular formula is C11H12N4O3. The number of aromatic amines is 1. The molecule has 0 aliphatic rings. The lowest BCUT2D eigenvalue weighted by Crippen LogP contribution is -2.34. The fourth-order valence-electron chi connectivity index (χ4n) is 1.75. The molecule has 0 fully saturated rings. The molecule has 2 rings (SSSR count). The SMILES string of the molecule is NNC(=O)CCn1c(=O)[nH]c(=O)c2ccccc21. The van der Waals surface area contributed by atoms with Crippen LogP contribution in [0.25, 0.3) is 10.9 Å². The van der Waals surface area contributed by atoms with Gasteiger partial charge in [-0.15, -0.1) is 0 Å². The van der Waals surface area contributed by atoms with Gasteiger partial charge in [0, 0.05) is 13.0 Å². The molecule has 1 aromatic carbocycles. The second-order valence-electron chi connectivity index (χ2n) is 3.75. The minimum Gasteiger partial charge on any atom is -0.294 e. The third-order valence-electron chi connectivity index (χ3n) is 2.63. The number of hydrogen-bond donors (Lipinski definition) is 3. The van der Waals surface area contributed by atoms with Gasteiger partial charge >= 0.3 is 5.69 Å². The molecule has 94 valence electrons. The number of benzene rings is 1. The van der Waals surface area contributed by atoms with Crippen LogP contribution < -0.4 is 22.5 Å². The molecule has 0 spiro atoms. The van der Waals surface area contributed by atoms with Crippen molar-refractivity contribution in [2.45, 2.75) is 13.0 Å².